The summed E-state index contributed by atoms with van der Waals surface area (Å²) >= 11 is 0. The highest BCUT2D eigenvalue weighted by Gasteiger charge is 2.30. The van der Waals surface area contributed by atoms with Crippen LogP contribution in [0, 0.1) is 11.3 Å². The third-order valence-electron chi connectivity index (χ3n) is 6.41. The largest absolute Gasteiger partial charge is 0.457 e. The summed E-state index contributed by atoms with van der Waals surface area (Å²) in [5.41, 5.74) is 2.32. The second-order valence-corrected chi connectivity index (χ2v) is 9.86. The molecule has 170 valence electrons. The van der Waals surface area contributed by atoms with Gasteiger partial charge in [0.1, 0.15) is 17.3 Å². The van der Waals surface area contributed by atoms with Gasteiger partial charge in [0.15, 0.2) is 0 Å². The number of ether oxygens (including phenoxy) is 1. The maximum absolute atomic E-state index is 11.3. The Morgan fingerprint density at radius 2 is 1.81 bits per heavy atom. The van der Waals surface area contributed by atoms with Gasteiger partial charge in [0.05, 0.1) is 11.0 Å². The van der Waals surface area contributed by atoms with E-state index in [1.165, 1.54) is 32.6 Å². The van der Waals surface area contributed by atoms with E-state index in [9.17, 15) is 4.79 Å². The summed E-state index contributed by atoms with van der Waals surface area (Å²) in [4.78, 5) is 20.2. The Labute approximate surface area is 189 Å². The Hall–Kier alpha value is -3.09. The number of amides is 1. The van der Waals surface area contributed by atoms with Crippen LogP contribution >= 0.6 is 0 Å². The van der Waals surface area contributed by atoms with Gasteiger partial charge in [-0.25, -0.2) is 9.97 Å². The lowest BCUT2D eigenvalue weighted by Gasteiger charge is -2.37. The topological polar surface area (TPSA) is 81.1 Å². The highest BCUT2D eigenvalue weighted by molar-refractivity contribution is 5.87. The van der Waals surface area contributed by atoms with E-state index >= 15 is 0 Å². The lowest BCUT2D eigenvalue weighted by molar-refractivity contribution is -0.114. The Bertz CT molecular complexity index is 1110. The number of pyridine rings is 1. The van der Waals surface area contributed by atoms with Gasteiger partial charge in [0.25, 0.3) is 0 Å². The molecule has 1 amide bonds. The van der Waals surface area contributed by atoms with E-state index in [4.69, 9.17) is 9.72 Å². The summed E-state index contributed by atoms with van der Waals surface area (Å²) in [7, 11) is 2.03. The molecule has 7 heteroatoms. The second-order valence-electron chi connectivity index (χ2n) is 9.86. The highest BCUT2D eigenvalue weighted by Crippen LogP contribution is 2.38. The predicted octanol–water partition coefficient (Wildman–Crippen LogP) is 5.74. The number of hydrogen-bond donors (Lipinski definition) is 2. The summed E-state index contributed by atoms with van der Waals surface area (Å²) in [5.74, 6) is 3.30. The number of fused-ring (bicyclic) bond motifs is 1. The van der Waals surface area contributed by atoms with Gasteiger partial charge >= 0.3 is 0 Å². The summed E-state index contributed by atoms with van der Waals surface area (Å²) in [6, 6.07) is 9.80. The van der Waals surface area contributed by atoms with Crippen molar-refractivity contribution in [2.75, 3.05) is 10.6 Å². The lowest BCUT2D eigenvalue weighted by atomic mass is 9.71. The van der Waals surface area contributed by atoms with E-state index in [-0.39, 0.29) is 5.91 Å². The fourth-order valence-corrected chi connectivity index (χ4v) is 4.51. The van der Waals surface area contributed by atoms with Gasteiger partial charge in [-0.3, -0.25) is 4.79 Å². The van der Waals surface area contributed by atoms with Crippen molar-refractivity contribution in [3.63, 3.8) is 0 Å². The standard InChI is InChI=1S/C25H33N5O2/c1-16(31)27-23-15-20(12-13-26-23)32-19-10-11-21-22(14-19)30(5)24(29-21)28-18-8-6-17(7-9-18)25(2,3)4/h10-15,17-18H,6-9H2,1-5H3,(H,28,29)(H,26,27,31)/t17-,18-. The first-order valence-electron chi connectivity index (χ1n) is 11.3. The smallest absolute Gasteiger partial charge is 0.222 e. The lowest BCUT2D eigenvalue weighted by Crippen LogP contribution is -2.32. The monoisotopic (exact) mass is 435 g/mol. The number of benzene rings is 1. The average Bonchev–Trinajstić information content (AvgIpc) is 3.03. The predicted molar refractivity (Wildman–Crippen MR) is 128 cm³/mol. The quantitative estimate of drug-likeness (QED) is 0.534. The van der Waals surface area contributed by atoms with Crippen molar-refractivity contribution in [1.82, 2.24) is 14.5 Å². The van der Waals surface area contributed by atoms with Crippen molar-refractivity contribution in [1.29, 1.82) is 0 Å². The molecule has 2 aromatic heterocycles. The van der Waals surface area contributed by atoms with E-state index < -0.39 is 0 Å². The minimum absolute atomic E-state index is 0.169. The van der Waals surface area contributed by atoms with E-state index in [1.54, 1.807) is 18.3 Å². The average molecular weight is 436 g/mol. The molecule has 7 nitrogen and oxygen atoms in total. The molecule has 2 N–H and O–H groups in total. The van der Waals surface area contributed by atoms with E-state index in [0.29, 0.717) is 28.8 Å². The van der Waals surface area contributed by atoms with Gasteiger partial charge in [-0.15, -0.1) is 0 Å². The van der Waals surface area contributed by atoms with Crippen molar-refractivity contribution in [3.05, 3.63) is 36.5 Å². The molecular weight excluding hydrogens is 402 g/mol. The van der Waals surface area contributed by atoms with Crippen LogP contribution < -0.4 is 15.4 Å². The minimum atomic E-state index is -0.169. The Kier molecular flexibility index (Phi) is 6.09. The summed E-state index contributed by atoms with van der Waals surface area (Å²) in [5, 5.41) is 6.34. The Balaban J connectivity index is 1.47. The third-order valence-corrected chi connectivity index (χ3v) is 6.41. The molecule has 1 aliphatic rings. The van der Waals surface area contributed by atoms with Crippen LogP contribution in [0.15, 0.2) is 36.5 Å². The fraction of sp³-hybridized carbons (Fsp3) is 0.480. The van der Waals surface area contributed by atoms with Crippen molar-refractivity contribution in [2.24, 2.45) is 18.4 Å². The minimum Gasteiger partial charge on any atom is -0.457 e. The van der Waals surface area contributed by atoms with Gasteiger partial charge in [-0.05, 0) is 55.2 Å². The summed E-state index contributed by atoms with van der Waals surface area (Å²) < 4.78 is 8.10. The normalized spacial score (nSPS) is 19.0. The molecular formula is C25H33N5O2. The molecule has 0 saturated heterocycles. The number of hydrogen-bond acceptors (Lipinski definition) is 5. The number of rotatable bonds is 5. The molecule has 32 heavy (non-hydrogen) atoms. The molecule has 0 radical (unpaired) electrons. The van der Waals surface area contributed by atoms with E-state index in [2.05, 4.69) is 41.0 Å². The summed E-state index contributed by atoms with van der Waals surface area (Å²) in [6.07, 6.45) is 6.49. The molecule has 3 aromatic rings. The molecule has 0 spiro atoms. The van der Waals surface area contributed by atoms with Crippen molar-refractivity contribution >= 4 is 28.7 Å². The van der Waals surface area contributed by atoms with E-state index in [0.717, 1.165) is 22.9 Å². The van der Waals surface area contributed by atoms with Crippen LogP contribution in [-0.4, -0.2) is 26.5 Å². The zero-order chi connectivity index (χ0) is 22.9. The molecule has 1 aromatic carbocycles. The number of anilines is 2. The second kappa shape index (κ2) is 8.81. The number of imidazole rings is 1. The zero-order valence-corrected chi connectivity index (χ0v) is 19.6. The number of nitrogens with zero attached hydrogens (tertiary/aromatic N) is 3. The van der Waals surface area contributed by atoms with Crippen LogP contribution in [0.2, 0.25) is 0 Å². The molecule has 2 heterocycles. The molecule has 0 unspecified atom stereocenters. The molecule has 0 atom stereocenters. The van der Waals surface area contributed by atoms with Gasteiger partial charge in [-0.2, -0.15) is 0 Å². The first-order chi connectivity index (χ1) is 15.2. The number of carbonyl (C=O) groups is 1. The van der Waals surface area contributed by atoms with Gasteiger partial charge in [0, 0.05) is 38.3 Å². The van der Waals surface area contributed by atoms with Gasteiger partial charge in [-0.1, -0.05) is 20.8 Å². The maximum atomic E-state index is 11.3. The molecule has 1 fully saturated rings. The van der Waals surface area contributed by atoms with Gasteiger partial charge < -0.3 is 19.9 Å². The van der Waals surface area contributed by atoms with Crippen LogP contribution in [0.4, 0.5) is 11.8 Å². The Morgan fingerprint density at radius 1 is 1.09 bits per heavy atom. The van der Waals surface area contributed by atoms with Crippen LogP contribution in [0.3, 0.4) is 0 Å². The zero-order valence-electron chi connectivity index (χ0n) is 19.6. The van der Waals surface area contributed by atoms with Crippen LogP contribution in [0.1, 0.15) is 53.4 Å². The van der Waals surface area contributed by atoms with Crippen molar-refractivity contribution < 1.29 is 9.53 Å². The first kappa shape index (κ1) is 22.1. The maximum Gasteiger partial charge on any atom is 0.222 e. The molecule has 0 bridgehead atoms. The van der Waals surface area contributed by atoms with Crippen molar-refractivity contribution in [2.45, 2.75) is 59.4 Å². The highest BCUT2D eigenvalue weighted by atomic mass is 16.5. The van der Waals surface area contributed by atoms with Crippen LogP contribution in [0.5, 0.6) is 11.5 Å². The van der Waals surface area contributed by atoms with E-state index in [1.807, 2.05) is 25.2 Å². The van der Waals surface area contributed by atoms with Gasteiger partial charge in [0.2, 0.25) is 11.9 Å². The number of aromatic nitrogens is 3. The molecule has 0 aliphatic heterocycles. The third kappa shape index (κ3) is 5.03. The fourth-order valence-electron chi connectivity index (χ4n) is 4.51. The number of carbonyl (C=O) groups excluding carboxylic acids is 1. The van der Waals surface area contributed by atoms with Crippen LogP contribution in [-0.2, 0) is 11.8 Å². The van der Waals surface area contributed by atoms with Crippen LogP contribution in [0.25, 0.3) is 11.0 Å². The number of aryl methyl sites for hydroxylation is 1. The first-order valence-corrected chi connectivity index (χ1v) is 11.3. The Morgan fingerprint density at radius 3 is 2.50 bits per heavy atom. The van der Waals surface area contributed by atoms with Crippen molar-refractivity contribution in [3.8, 4) is 11.5 Å². The summed E-state index contributed by atoms with van der Waals surface area (Å²) in [6.45, 7) is 8.50. The SMILES string of the molecule is CC(=O)Nc1cc(Oc2ccc3nc(N[C@H]4CC[C@H](C(C)(C)C)CC4)n(C)c3c2)ccn1. The molecule has 4 rings (SSSR count). The number of nitrogens with one attached hydrogen (secondary N) is 2. The molecule has 1 aliphatic carbocycles. The molecule has 1 saturated carbocycles.